The van der Waals surface area contributed by atoms with E-state index in [1.165, 1.54) is 6.20 Å². The van der Waals surface area contributed by atoms with Crippen LogP contribution in [0.25, 0.3) is 11.1 Å². The molecular weight excluding hydrogens is 545 g/mol. The first kappa shape index (κ1) is 26.3. The van der Waals surface area contributed by atoms with Crippen LogP contribution in [0.4, 0.5) is 0 Å². The number of ether oxygens (including phenoxy) is 1. The van der Waals surface area contributed by atoms with Gasteiger partial charge < -0.3 is 20.5 Å². The number of amides is 2. The second-order valence-electron chi connectivity index (χ2n) is 7.72. The summed E-state index contributed by atoms with van der Waals surface area (Å²) in [4.78, 5) is 28.6. The molecule has 1 aromatic heterocycles. The van der Waals surface area contributed by atoms with Crippen LogP contribution in [0.1, 0.15) is 44.0 Å². The van der Waals surface area contributed by atoms with Crippen LogP contribution in [0.3, 0.4) is 0 Å². The normalized spacial score (nSPS) is 12.8. The van der Waals surface area contributed by atoms with Gasteiger partial charge in [0, 0.05) is 23.2 Å². The van der Waals surface area contributed by atoms with Crippen LogP contribution in [-0.4, -0.2) is 45.2 Å². The standard InChI is InChI=1S/C23H29ClIN3O4/c1-4-20(29)26-9-10-32-23-18(15-5-7-17(24)8-6-15)12-16(13-27-23)22(31)28-19(21(25)30)11-14(2)3/h5-8,12-14,19,21,30H,4,9-11H2,1-3H3,(H,26,29)(H,28,31)/t19-,21?/m1/s1. The predicted octanol–water partition coefficient (Wildman–Crippen LogP) is 4.20. The summed E-state index contributed by atoms with van der Waals surface area (Å²) in [6.45, 7) is 6.44. The van der Waals surface area contributed by atoms with Gasteiger partial charge in [0.15, 0.2) is 0 Å². The number of carbonyl (C=O) groups excluding carboxylic acids is 2. The first-order valence-electron chi connectivity index (χ1n) is 10.5. The number of carbonyl (C=O) groups is 2. The van der Waals surface area contributed by atoms with E-state index in [2.05, 4.69) is 15.6 Å². The molecule has 2 amide bonds. The summed E-state index contributed by atoms with van der Waals surface area (Å²) in [5.74, 6) is 0.287. The lowest BCUT2D eigenvalue weighted by atomic mass is 10.0. The fraction of sp³-hybridized carbons (Fsp3) is 0.435. The van der Waals surface area contributed by atoms with E-state index in [-0.39, 0.29) is 24.5 Å². The Kier molecular flexibility index (Phi) is 10.7. The lowest BCUT2D eigenvalue weighted by Gasteiger charge is -2.22. The first-order chi connectivity index (χ1) is 15.2. The SMILES string of the molecule is CCC(=O)NCCOc1ncc(C(=O)N[C@H](CC(C)C)C(O)I)cc1-c1ccc(Cl)cc1. The molecule has 0 spiro atoms. The summed E-state index contributed by atoms with van der Waals surface area (Å²) in [5.41, 5.74) is 1.77. The van der Waals surface area contributed by atoms with Gasteiger partial charge in [-0.15, -0.1) is 0 Å². The van der Waals surface area contributed by atoms with Crippen LogP contribution >= 0.6 is 34.2 Å². The Morgan fingerprint density at radius 2 is 1.94 bits per heavy atom. The Hall–Kier alpha value is -1.91. The summed E-state index contributed by atoms with van der Waals surface area (Å²) in [6.07, 6.45) is 2.50. The van der Waals surface area contributed by atoms with Crippen molar-refractivity contribution in [2.75, 3.05) is 13.2 Å². The Bertz CT molecular complexity index is 907. The van der Waals surface area contributed by atoms with Crippen molar-refractivity contribution >= 4 is 46.0 Å². The first-order valence-corrected chi connectivity index (χ1v) is 12.1. The zero-order valence-corrected chi connectivity index (χ0v) is 21.3. The third-order valence-corrected chi connectivity index (χ3v) is 5.75. The monoisotopic (exact) mass is 573 g/mol. The van der Waals surface area contributed by atoms with Gasteiger partial charge >= 0.3 is 0 Å². The van der Waals surface area contributed by atoms with Crippen LogP contribution in [-0.2, 0) is 4.79 Å². The number of nitrogens with one attached hydrogen (secondary N) is 2. The smallest absolute Gasteiger partial charge is 0.253 e. The van der Waals surface area contributed by atoms with E-state index in [1.807, 2.05) is 48.6 Å². The van der Waals surface area contributed by atoms with E-state index >= 15 is 0 Å². The molecule has 0 aliphatic rings. The molecule has 0 saturated carbocycles. The maximum absolute atomic E-state index is 12.9. The van der Waals surface area contributed by atoms with Crippen molar-refractivity contribution in [3.63, 3.8) is 0 Å². The topological polar surface area (TPSA) is 101 Å². The second-order valence-corrected chi connectivity index (χ2v) is 9.43. The Labute approximate surface area is 207 Å². The second kappa shape index (κ2) is 13.0. The number of pyridine rings is 1. The number of hydrogen-bond donors (Lipinski definition) is 3. The van der Waals surface area contributed by atoms with Gasteiger partial charge in [0.25, 0.3) is 5.91 Å². The van der Waals surface area contributed by atoms with Gasteiger partial charge in [-0.3, -0.25) is 9.59 Å². The van der Waals surface area contributed by atoms with Gasteiger partial charge in [-0.2, -0.15) is 0 Å². The van der Waals surface area contributed by atoms with Crippen LogP contribution in [0.5, 0.6) is 5.88 Å². The largest absolute Gasteiger partial charge is 0.475 e. The van der Waals surface area contributed by atoms with Crippen molar-refractivity contribution in [1.29, 1.82) is 0 Å². The van der Waals surface area contributed by atoms with Crippen molar-refractivity contribution in [2.24, 2.45) is 5.92 Å². The summed E-state index contributed by atoms with van der Waals surface area (Å²) in [6, 6.07) is 8.48. The summed E-state index contributed by atoms with van der Waals surface area (Å²) in [7, 11) is 0. The van der Waals surface area contributed by atoms with Gasteiger partial charge in [-0.05, 0) is 58.7 Å². The van der Waals surface area contributed by atoms with Crippen molar-refractivity contribution in [2.45, 2.75) is 43.8 Å². The minimum Gasteiger partial charge on any atom is -0.475 e. The highest BCUT2D eigenvalue weighted by molar-refractivity contribution is 14.1. The minimum absolute atomic E-state index is 0.0556. The minimum atomic E-state index is -0.705. The van der Waals surface area contributed by atoms with E-state index in [1.54, 1.807) is 25.1 Å². The molecule has 1 unspecified atom stereocenters. The molecule has 9 heteroatoms. The maximum Gasteiger partial charge on any atom is 0.253 e. The van der Waals surface area contributed by atoms with E-state index in [0.717, 1.165) is 5.56 Å². The van der Waals surface area contributed by atoms with Crippen LogP contribution in [0, 0.1) is 5.92 Å². The van der Waals surface area contributed by atoms with E-state index < -0.39 is 4.11 Å². The van der Waals surface area contributed by atoms with Gasteiger partial charge in [0.05, 0.1) is 18.2 Å². The van der Waals surface area contributed by atoms with Crippen LogP contribution < -0.4 is 15.4 Å². The maximum atomic E-state index is 12.9. The molecule has 0 radical (unpaired) electrons. The molecule has 1 heterocycles. The highest BCUT2D eigenvalue weighted by atomic mass is 127. The average Bonchev–Trinajstić information content (AvgIpc) is 2.76. The van der Waals surface area contributed by atoms with Gasteiger partial charge in [-0.1, -0.05) is 44.5 Å². The fourth-order valence-corrected chi connectivity index (χ4v) is 3.59. The number of rotatable bonds is 11. The number of benzene rings is 1. The fourth-order valence-electron chi connectivity index (χ4n) is 2.99. The van der Waals surface area contributed by atoms with E-state index in [0.29, 0.717) is 47.3 Å². The molecule has 0 aliphatic heterocycles. The van der Waals surface area contributed by atoms with E-state index in [4.69, 9.17) is 16.3 Å². The molecular formula is C23H29ClIN3O4. The quantitative estimate of drug-likeness (QED) is 0.213. The van der Waals surface area contributed by atoms with Gasteiger partial charge in [-0.25, -0.2) is 4.98 Å². The van der Waals surface area contributed by atoms with E-state index in [9.17, 15) is 14.7 Å². The lowest BCUT2D eigenvalue weighted by molar-refractivity contribution is -0.120. The number of hydrogen-bond acceptors (Lipinski definition) is 5. The molecule has 2 rings (SSSR count). The number of alkyl halides is 1. The number of aromatic nitrogens is 1. The number of aliphatic hydroxyl groups is 1. The molecule has 0 aliphatic carbocycles. The molecule has 2 aromatic rings. The molecule has 7 nitrogen and oxygen atoms in total. The number of nitrogens with zero attached hydrogens (tertiary/aromatic N) is 1. The van der Waals surface area contributed by atoms with Crippen molar-refractivity contribution in [3.05, 3.63) is 47.1 Å². The average molecular weight is 574 g/mol. The van der Waals surface area contributed by atoms with Gasteiger partial charge in [0.2, 0.25) is 11.8 Å². The molecule has 3 N–H and O–H groups in total. The zero-order chi connectivity index (χ0) is 23.7. The molecule has 0 fully saturated rings. The summed E-state index contributed by atoms with van der Waals surface area (Å²) in [5, 5.41) is 16.3. The van der Waals surface area contributed by atoms with Crippen LogP contribution in [0.15, 0.2) is 36.5 Å². The molecule has 0 saturated heterocycles. The van der Waals surface area contributed by atoms with Crippen molar-refractivity contribution in [3.8, 4) is 17.0 Å². The highest BCUT2D eigenvalue weighted by Gasteiger charge is 2.22. The molecule has 32 heavy (non-hydrogen) atoms. The third kappa shape index (κ3) is 8.22. The number of halogens is 2. The van der Waals surface area contributed by atoms with Crippen LogP contribution in [0.2, 0.25) is 5.02 Å². The van der Waals surface area contributed by atoms with Crippen molar-refractivity contribution in [1.82, 2.24) is 15.6 Å². The Morgan fingerprint density at radius 3 is 2.53 bits per heavy atom. The predicted molar refractivity (Wildman–Crippen MR) is 134 cm³/mol. The van der Waals surface area contributed by atoms with Crippen molar-refractivity contribution < 1.29 is 19.4 Å². The summed E-state index contributed by atoms with van der Waals surface area (Å²) < 4.78 is 5.09. The lowest BCUT2D eigenvalue weighted by Crippen LogP contribution is -2.41. The number of aliphatic hydroxyl groups excluding tert-OH is 1. The molecule has 174 valence electrons. The Balaban J connectivity index is 2.26. The summed E-state index contributed by atoms with van der Waals surface area (Å²) >= 11 is 7.92. The molecule has 0 bridgehead atoms. The zero-order valence-electron chi connectivity index (χ0n) is 18.4. The Morgan fingerprint density at radius 1 is 1.25 bits per heavy atom. The van der Waals surface area contributed by atoms with Gasteiger partial charge in [0.1, 0.15) is 10.7 Å². The molecule has 1 aromatic carbocycles. The molecule has 2 atom stereocenters. The highest BCUT2D eigenvalue weighted by Crippen LogP contribution is 2.30. The third-order valence-electron chi connectivity index (χ3n) is 4.63.